The number of aliphatic hydroxyl groups is 1. The van der Waals surface area contributed by atoms with Crippen LogP contribution in [0.2, 0.25) is 0 Å². The molecule has 1 aromatic rings. The summed E-state index contributed by atoms with van der Waals surface area (Å²) in [6.45, 7) is 5.61. The van der Waals surface area contributed by atoms with Crippen LogP contribution in [0.1, 0.15) is 68.9 Å². The normalized spacial score (nSPS) is 26.9. The van der Waals surface area contributed by atoms with Gasteiger partial charge in [-0.25, -0.2) is 4.98 Å². The highest BCUT2D eigenvalue weighted by Crippen LogP contribution is 2.40. The molecule has 4 heteroatoms. The van der Waals surface area contributed by atoms with Crippen LogP contribution in [-0.4, -0.2) is 22.7 Å². The lowest BCUT2D eigenvalue weighted by Crippen LogP contribution is -2.46. The van der Waals surface area contributed by atoms with Crippen molar-refractivity contribution in [2.75, 3.05) is 11.4 Å². The predicted molar refractivity (Wildman–Crippen MR) is 84.5 cm³/mol. The molecule has 0 radical (unpaired) electrons. The minimum Gasteiger partial charge on any atom is -0.391 e. The number of anilines is 1. The minimum absolute atomic E-state index is 0.132. The van der Waals surface area contributed by atoms with Crippen molar-refractivity contribution in [2.24, 2.45) is 5.92 Å². The van der Waals surface area contributed by atoms with Crippen molar-refractivity contribution < 1.29 is 5.11 Å². The van der Waals surface area contributed by atoms with Crippen LogP contribution in [0.4, 0.5) is 5.13 Å². The summed E-state index contributed by atoms with van der Waals surface area (Å²) in [4.78, 5) is 8.50. The number of thiazole rings is 1. The molecule has 20 heavy (non-hydrogen) atoms. The molecule has 112 valence electrons. The number of hydrogen-bond acceptors (Lipinski definition) is 4. The molecule has 2 atom stereocenters. The summed E-state index contributed by atoms with van der Waals surface area (Å²) in [5, 5.41) is 10.7. The van der Waals surface area contributed by atoms with Crippen LogP contribution in [0, 0.1) is 5.92 Å². The first-order valence-electron chi connectivity index (χ1n) is 8.07. The Bertz CT molecular complexity index is 455. The fourth-order valence-electron chi connectivity index (χ4n) is 3.90. The van der Waals surface area contributed by atoms with Gasteiger partial charge < -0.3 is 10.0 Å². The second kappa shape index (κ2) is 6.02. The van der Waals surface area contributed by atoms with E-state index in [1.807, 2.05) is 0 Å². The van der Waals surface area contributed by atoms with Gasteiger partial charge in [0.25, 0.3) is 0 Å². The molecule has 1 aliphatic heterocycles. The summed E-state index contributed by atoms with van der Waals surface area (Å²) >= 11 is 1.71. The van der Waals surface area contributed by atoms with Gasteiger partial charge in [-0.2, -0.15) is 0 Å². The molecular formula is C16H26N2OS. The molecule has 2 aliphatic rings. The molecule has 0 spiro atoms. The van der Waals surface area contributed by atoms with E-state index < -0.39 is 0 Å². The smallest absolute Gasteiger partial charge is 0.186 e. The highest BCUT2D eigenvalue weighted by molar-refractivity contribution is 7.15. The van der Waals surface area contributed by atoms with Crippen molar-refractivity contribution in [3.63, 3.8) is 0 Å². The highest BCUT2D eigenvalue weighted by Gasteiger charge is 2.35. The Balaban J connectivity index is 1.87. The first-order valence-corrected chi connectivity index (χ1v) is 8.89. The number of nitrogens with zero attached hydrogens (tertiary/aromatic N) is 2. The van der Waals surface area contributed by atoms with Crippen LogP contribution in [0.5, 0.6) is 0 Å². The van der Waals surface area contributed by atoms with E-state index in [4.69, 9.17) is 4.98 Å². The van der Waals surface area contributed by atoms with E-state index in [2.05, 4.69) is 18.7 Å². The monoisotopic (exact) mass is 294 g/mol. The third kappa shape index (κ3) is 2.60. The fourth-order valence-corrected chi connectivity index (χ4v) is 5.06. The maximum absolute atomic E-state index is 9.56. The standard InChI is InChI=1S/C16H26N2OS/c1-11(2)15-14(10-19)20-16(17-15)18-9-5-7-12-6-3-4-8-13(12)18/h11-13,19H,3-10H2,1-2H3/t12-,13-/m1/s1. The van der Waals surface area contributed by atoms with E-state index in [-0.39, 0.29) is 6.61 Å². The molecule has 3 nitrogen and oxygen atoms in total. The van der Waals surface area contributed by atoms with Crippen LogP contribution >= 0.6 is 11.3 Å². The van der Waals surface area contributed by atoms with E-state index in [1.165, 1.54) is 38.5 Å². The maximum atomic E-state index is 9.56. The number of hydrogen-bond donors (Lipinski definition) is 1. The van der Waals surface area contributed by atoms with Gasteiger partial charge in [-0.15, -0.1) is 0 Å². The Morgan fingerprint density at radius 2 is 2.00 bits per heavy atom. The van der Waals surface area contributed by atoms with Crippen LogP contribution in [0.25, 0.3) is 0 Å². The summed E-state index contributed by atoms with van der Waals surface area (Å²) in [6.07, 6.45) is 8.20. The number of aromatic nitrogens is 1. The summed E-state index contributed by atoms with van der Waals surface area (Å²) in [7, 11) is 0. The van der Waals surface area contributed by atoms with Gasteiger partial charge in [0.15, 0.2) is 5.13 Å². The Morgan fingerprint density at radius 3 is 2.70 bits per heavy atom. The lowest BCUT2D eigenvalue weighted by atomic mass is 9.78. The van der Waals surface area contributed by atoms with Crippen molar-refractivity contribution in [2.45, 2.75) is 70.9 Å². The molecule has 0 bridgehead atoms. The molecule has 2 heterocycles. The molecule has 1 saturated heterocycles. The second-order valence-corrected chi connectivity index (χ2v) is 7.63. The lowest BCUT2D eigenvalue weighted by Gasteiger charge is -2.44. The predicted octanol–water partition coefficient (Wildman–Crippen LogP) is 3.92. The summed E-state index contributed by atoms with van der Waals surface area (Å²) in [6, 6.07) is 0.704. The lowest BCUT2D eigenvalue weighted by molar-refractivity contribution is 0.243. The van der Waals surface area contributed by atoms with Gasteiger partial charge in [0, 0.05) is 12.6 Å². The Hall–Kier alpha value is -0.610. The van der Waals surface area contributed by atoms with E-state index in [0.29, 0.717) is 12.0 Å². The van der Waals surface area contributed by atoms with Gasteiger partial charge in [-0.05, 0) is 37.5 Å². The van der Waals surface area contributed by atoms with Crippen molar-refractivity contribution in [1.82, 2.24) is 4.98 Å². The number of fused-ring (bicyclic) bond motifs is 1. The van der Waals surface area contributed by atoms with Crippen molar-refractivity contribution in [3.05, 3.63) is 10.6 Å². The van der Waals surface area contributed by atoms with Crippen LogP contribution < -0.4 is 4.90 Å². The zero-order chi connectivity index (χ0) is 14.1. The summed E-state index contributed by atoms with van der Waals surface area (Å²) in [5.41, 5.74) is 1.10. The third-order valence-corrected chi connectivity index (χ3v) is 5.99. The van der Waals surface area contributed by atoms with Gasteiger partial charge in [0.05, 0.1) is 17.2 Å². The van der Waals surface area contributed by atoms with Crippen LogP contribution in [0.15, 0.2) is 0 Å². The highest BCUT2D eigenvalue weighted by atomic mass is 32.1. The molecule has 2 fully saturated rings. The Labute approximate surface area is 126 Å². The zero-order valence-corrected chi connectivity index (χ0v) is 13.5. The molecule has 0 amide bonds. The van der Waals surface area contributed by atoms with Gasteiger partial charge in [0.2, 0.25) is 0 Å². The average Bonchev–Trinajstić information content (AvgIpc) is 2.91. The van der Waals surface area contributed by atoms with E-state index >= 15 is 0 Å². The quantitative estimate of drug-likeness (QED) is 0.918. The van der Waals surface area contributed by atoms with Gasteiger partial charge in [-0.3, -0.25) is 0 Å². The SMILES string of the molecule is CC(C)c1nc(N2CCC[C@H]3CCCC[C@H]32)sc1CO. The van der Waals surface area contributed by atoms with Gasteiger partial charge in [0.1, 0.15) is 0 Å². The Kier molecular flexibility index (Phi) is 4.32. The number of piperidine rings is 1. The van der Waals surface area contributed by atoms with Crippen molar-refractivity contribution in [3.8, 4) is 0 Å². The van der Waals surface area contributed by atoms with Crippen LogP contribution in [-0.2, 0) is 6.61 Å². The van der Waals surface area contributed by atoms with E-state index in [1.54, 1.807) is 11.3 Å². The average molecular weight is 294 g/mol. The molecule has 1 saturated carbocycles. The number of aliphatic hydroxyl groups excluding tert-OH is 1. The van der Waals surface area contributed by atoms with Crippen molar-refractivity contribution >= 4 is 16.5 Å². The molecule has 0 aromatic carbocycles. The summed E-state index contributed by atoms with van der Waals surface area (Å²) < 4.78 is 0. The molecule has 1 aliphatic carbocycles. The topological polar surface area (TPSA) is 36.4 Å². The largest absolute Gasteiger partial charge is 0.391 e. The first kappa shape index (κ1) is 14.3. The van der Waals surface area contributed by atoms with Gasteiger partial charge >= 0.3 is 0 Å². The molecular weight excluding hydrogens is 268 g/mol. The zero-order valence-electron chi connectivity index (χ0n) is 12.6. The van der Waals surface area contributed by atoms with Crippen molar-refractivity contribution in [1.29, 1.82) is 0 Å². The maximum Gasteiger partial charge on any atom is 0.186 e. The second-order valence-electron chi connectivity index (χ2n) is 6.57. The minimum atomic E-state index is 0.132. The first-order chi connectivity index (χ1) is 9.70. The molecule has 1 N–H and O–H groups in total. The third-order valence-electron chi connectivity index (χ3n) is 4.90. The van der Waals surface area contributed by atoms with Crippen LogP contribution in [0.3, 0.4) is 0 Å². The number of rotatable bonds is 3. The molecule has 3 rings (SSSR count). The fraction of sp³-hybridized carbons (Fsp3) is 0.812. The molecule has 0 unspecified atom stereocenters. The Morgan fingerprint density at radius 1 is 1.25 bits per heavy atom. The van der Waals surface area contributed by atoms with Gasteiger partial charge in [-0.1, -0.05) is 38.0 Å². The van der Waals surface area contributed by atoms with E-state index in [0.717, 1.165) is 28.2 Å². The summed E-state index contributed by atoms with van der Waals surface area (Å²) in [5.74, 6) is 1.27. The molecule has 1 aromatic heterocycles. The van der Waals surface area contributed by atoms with E-state index in [9.17, 15) is 5.11 Å².